The molecule has 0 aliphatic carbocycles. The maximum Gasteiger partial charge on any atom is 0.309 e. The van der Waals surface area contributed by atoms with E-state index in [4.69, 9.17) is 14.2 Å². The molecule has 0 aromatic heterocycles. The highest BCUT2D eigenvalue weighted by molar-refractivity contribution is 5.71. The van der Waals surface area contributed by atoms with Crippen LogP contribution in [0.2, 0.25) is 0 Å². The quantitative estimate of drug-likeness (QED) is 0.926. The molecule has 3 rings (SSSR count). The number of rotatable bonds is 4. The van der Waals surface area contributed by atoms with E-state index >= 15 is 0 Å². The van der Waals surface area contributed by atoms with Gasteiger partial charge < -0.3 is 19.3 Å². The molecule has 5 nitrogen and oxygen atoms in total. The molecule has 1 aromatic rings. The third-order valence-corrected chi connectivity index (χ3v) is 4.39. The SMILES string of the molecule is O=C(O)[C@@H]1COCC[C@H]1c1ccc(OC2CCCCO2)cc1. The minimum atomic E-state index is -0.791. The van der Waals surface area contributed by atoms with Crippen molar-refractivity contribution in [1.82, 2.24) is 0 Å². The van der Waals surface area contributed by atoms with Crippen LogP contribution in [-0.2, 0) is 14.3 Å². The molecule has 1 aromatic carbocycles. The fourth-order valence-electron chi connectivity index (χ4n) is 3.13. The Morgan fingerprint density at radius 1 is 1.14 bits per heavy atom. The summed E-state index contributed by atoms with van der Waals surface area (Å²) in [7, 11) is 0. The van der Waals surface area contributed by atoms with E-state index in [-0.39, 0.29) is 18.8 Å². The predicted molar refractivity (Wildman–Crippen MR) is 80.0 cm³/mol. The zero-order chi connectivity index (χ0) is 15.4. The van der Waals surface area contributed by atoms with Gasteiger partial charge in [-0.25, -0.2) is 0 Å². The standard InChI is InChI=1S/C17H22O5/c18-17(19)15-11-20-10-8-14(15)12-4-6-13(7-5-12)22-16-3-1-2-9-21-16/h4-7,14-16H,1-3,8-11H2,(H,18,19)/t14-,15+,16?/m0/s1. The fourth-order valence-corrected chi connectivity index (χ4v) is 3.13. The van der Waals surface area contributed by atoms with Gasteiger partial charge in [-0.15, -0.1) is 0 Å². The summed E-state index contributed by atoms with van der Waals surface area (Å²) >= 11 is 0. The van der Waals surface area contributed by atoms with Crippen LogP contribution in [0.4, 0.5) is 0 Å². The lowest BCUT2D eigenvalue weighted by Crippen LogP contribution is -2.32. The number of benzene rings is 1. The lowest BCUT2D eigenvalue weighted by molar-refractivity contribution is -0.147. The van der Waals surface area contributed by atoms with E-state index in [0.29, 0.717) is 6.61 Å². The van der Waals surface area contributed by atoms with Crippen molar-refractivity contribution in [1.29, 1.82) is 0 Å². The number of carbonyl (C=O) groups is 1. The van der Waals surface area contributed by atoms with Crippen molar-refractivity contribution in [3.63, 3.8) is 0 Å². The van der Waals surface area contributed by atoms with E-state index in [1.807, 2.05) is 24.3 Å². The van der Waals surface area contributed by atoms with E-state index in [0.717, 1.165) is 43.6 Å². The number of hydrogen-bond acceptors (Lipinski definition) is 4. The Hall–Kier alpha value is -1.59. The Morgan fingerprint density at radius 3 is 2.64 bits per heavy atom. The maximum atomic E-state index is 11.3. The molecule has 1 unspecified atom stereocenters. The van der Waals surface area contributed by atoms with Gasteiger partial charge >= 0.3 is 5.97 Å². The highest BCUT2D eigenvalue weighted by Crippen LogP contribution is 2.33. The van der Waals surface area contributed by atoms with Crippen LogP contribution in [0.5, 0.6) is 5.75 Å². The number of carboxylic acid groups (broad SMARTS) is 1. The Kier molecular flexibility index (Phi) is 4.95. The van der Waals surface area contributed by atoms with Crippen molar-refractivity contribution in [3.05, 3.63) is 29.8 Å². The molecule has 0 bridgehead atoms. The van der Waals surface area contributed by atoms with Gasteiger partial charge in [0.15, 0.2) is 6.29 Å². The van der Waals surface area contributed by atoms with Gasteiger partial charge in [0, 0.05) is 18.9 Å². The highest BCUT2D eigenvalue weighted by atomic mass is 16.7. The molecular formula is C17H22O5. The van der Waals surface area contributed by atoms with Crippen LogP contribution >= 0.6 is 0 Å². The van der Waals surface area contributed by atoms with Crippen molar-refractivity contribution >= 4 is 5.97 Å². The molecule has 0 saturated carbocycles. The Labute approximate surface area is 130 Å². The van der Waals surface area contributed by atoms with Gasteiger partial charge in [0.05, 0.1) is 19.1 Å². The van der Waals surface area contributed by atoms with Crippen LogP contribution in [0.3, 0.4) is 0 Å². The third kappa shape index (κ3) is 3.59. The molecule has 22 heavy (non-hydrogen) atoms. The first kappa shape index (κ1) is 15.3. The summed E-state index contributed by atoms with van der Waals surface area (Å²) in [5.41, 5.74) is 1.03. The minimum absolute atomic E-state index is 0.00577. The molecule has 0 amide bonds. The van der Waals surface area contributed by atoms with Gasteiger partial charge in [-0.1, -0.05) is 12.1 Å². The van der Waals surface area contributed by atoms with Gasteiger partial charge in [-0.2, -0.15) is 0 Å². The molecule has 5 heteroatoms. The van der Waals surface area contributed by atoms with Crippen LogP contribution in [0.25, 0.3) is 0 Å². The van der Waals surface area contributed by atoms with Crippen LogP contribution in [0, 0.1) is 5.92 Å². The smallest absolute Gasteiger partial charge is 0.309 e. The van der Waals surface area contributed by atoms with E-state index < -0.39 is 11.9 Å². The largest absolute Gasteiger partial charge is 0.481 e. The van der Waals surface area contributed by atoms with Crippen LogP contribution in [-0.4, -0.2) is 37.2 Å². The van der Waals surface area contributed by atoms with Gasteiger partial charge in [-0.3, -0.25) is 4.79 Å². The van der Waals surface area contributed by atoms with Crippen molar-refractivity contribution in [3.8, 4) is 5.75 Å². The Bertz CT molecular complexity index is 492. The van der Waals surface area contributed by atoms with Crippen LogP contribution in [0.1, 0.15) is 37.2 Å². The summed E-state index contributed by atoms with van der Waals surface area (Å²) in [4.78, 5) is 11.3. The van der Waals surface area contributed by atoms with Crippen LogP contribution < -0.4 is 4.74 Å². The first-order valence-electron chi connectivity index (χ1n) is 7.93. The molecule has 2 fully saturated rings. The topological polar surface area (TPSA) is 65.0 Å². The fraction of sp³-hybridized carbons (Fsp3) is 0.588. The molecule has 1 N–H and O–H groups in total. The monoisotopic (exact) mass is 306 g/mol. The summed E-state index contributed by atoms with van der Waals surface area (Å²) < 4.78 is 16.7. The third-order valence-electron chi connectivity index (χ3n) is 4.39. The normalized spacial score (nSPS) is 29.0. The van der Waals surface area contributed by atoms with Crippen molar-refractivity contribution in [2.75, 3.05) is 19.8 Å². The minimum Gasteiger partial charge on any atom is -0.481 e. The average molecular weight is 306 g/mol. The summed E-state index contributed by atoms with van der Waals surface area (Å²) in [6.45, 7) is 1.65. The molecule has 0 radical (unpaired) electrons. The first-order valence-corrected chi connectivity index (χ1v) is 7.93. The van der Waals surface area contributed by atoms with E-state index in [2.05, 4.69) is 0 Å². The van der Waals surface area contributed by atoms with Gasteiger partial charge in [0.2, 0.25) is 0 Å². The van der Waals surface area contributed by atoms with Gasteiger partial charge in [0.25, 0.3) is 0 Å². The summed E-state index contributed by atoms with van der Waals surface area (Å²) in [5.74, 6) is -0.483. The second kappa shape index (κ2) is 7.11. The molecule has 2 aliphatic heterocycles. The molecule has 2 aliphatic rings. The first-order chi connectivity index (χ1) is 10.7. The lowest BCUT2D eigenvalue weighted by atomic mass is 9.83. The lowest BCUT2D eigenvalue weighted by Gasteiger charge is -2.29. The Balaban J connectivity index is 1.66. The summed E-state index contributed by atoms with van der Waals surface area (Å²) in [5, 5.41) is 9.32. The molecule has 3 atom stereocenters. The number of ether oxygens (including phenoxy) is 3. The van der Waals surface area contributed by atoms with E-state index in [1.165, 1.54) is 0 Å². The molecule has 120 valence electrons. The van der Waals surface area contributed by atoms with Crippen molar-refractivity contribution in [2.45, 2.75) is 37.9 Å². The van der Waals surface area contributed by atoms with E-state index in [9.17, 15) is 9.90 Å². The number of aliphatic carboxylic acids is 1. The zero-order valence-corrected chi connectivity index (χ0v) is 12.6. The molecule has 2 saturated heterocycles. The summed E-state index contributed by atoms with van der Waals surface area (Å²) in [6, 6.07) is 7.73. The van der Waals surface area contributed by atoms with Gasteiger partial charge in [-0.05, 0) is 37.0 Å². The molecule has 0 spiro atoms. The highest BCUT2D eigenvalue weighted by Gasteiger charge is 2.32. The van der Waals surface area contributed by atoms with Crippen molar-refractivity contribution in [2.24, 2.45) is 5.92 Å². The second-order valence-corrected chi connectivity index (χ2v) is 5.90. The Morgan fingerprint density at radius 2 is 1.95 bits per heavy atom. The zero-order valence-electron chi connectivity index (χ0n) is 12.6. The number of carboxylic acids is 1. The summed E-state index contributed by atoms with van der Waals surface area (Å²) in [6.07, 6.45) is 3.73. The predicted octanol–water partition coefficient (Wildman–Crippen LogP) is 2.80. The van der Waals surface area contributed by atoms with Gasteiger partial charge in [0.1, 0.15) is 5.75 Å². The average Bonchev–Trinajstić information content (AvgIpc) is 2.56. The second-order valence-electron chi connectivity index (χ2n) is 5.90. The number of hydrogen-bond donors (Lipinski definition) is 1. The molecule has 2 heterocycles. The van der Waals surface area contributed by atoms with E-state index in [1.54, 1.807) is 0 Å². The van der Waals surface area contributed by atoms with Crippen molar-refractivity contribution < 1.29 is 24.1 Å². The maximum absolute atomic E-state index is 11.3. The molecular weight excluding hydrogens is 284 g/mol. The van der Waals surface area contributed by atoms with Crippen LogP contribution in [0.15, 0.2) is 24.3 Å².